The molecule has 0 fully saturated rings. The molecular weight excluding hydrogens is 254 g/mol. The van der Waals surface area contributed by atoms with E-state index < -0.39 is 0 Å². The Morgan fingerprint density at radius 3 is 2.75 bits per heavy atom. The minimum absolute atomic E-state index is 0.101. The van der Waals surface area contributed by atoms with E-state index in [1.165, 1.54) is 17.2 Å². The van der Waals surface area contributed by atoms with Gasteiger partial charge in [0, 0.05) is 24.1 Å². The van der Waals surface area contributed by atoms with Crippen LogP contribution in [0.4, 0.5) is 0 Å². The van der Waals surface area contributed by atoms with E-state index in [-0.39, 0.29) is 23.5 Å². The van der Waals surface area contributed by atoms with Crippen LogP contribution >= 0.6 is 0 Å². The molecule has 2 atom stereocenters. The number of ether oxygens (including phenoxy) is 1. The molecule has 0 spiro atoms. The van der Waals surface area contributed by atoms with Crippen LogP contribution in [0.1, 0.15) is 22.6 Å². The molecule has 2 aliphatic heterocycles. The second-order valence-corrected chi connectivity index (χ2v) is 5.35. The molecule has 2 aromatic rings. The van der Waals surface area contributed by atoms with Gasteiger partial charge in [-0.25, -0.2) is 0 Å². The number of phenols is 2. The molecule has 0 amide bonds. The van der Waals surface area contributed by atoms with Gasteiger partial charge in [0.1, 0.15) is 12.4 Å². The predicted molar refractivity (Wildman–Crippen MR) is 74.2 cm³/mol. The highest BCUT2D eigenvalue weighted by atomic mass is 16.5. The number of fused-ring (bicyclic) bond motifs is 5. The molecule has 0 saturated carbocycles. The van der Waals surface area contributed by atoms with E-state index in [1.54, 1.807) is 6.07 Å². The Morgan fingerprint density at radius 1 is 1.05 bits per heavy atom. The number of hydrogen-bond acceptors (Lipinski definition) is 4. The summed E-state index contributed by atoms with van der Waals surface area (Å²) in [6, 6.07) is 11.6. The van der Waals surface area contributed by atoms with Crippen molar-refractivity contribution in [3.8, 4) is 17.2 Å². The second kappa shape index (κ2) is 4.15. The lowest BCUT2D eigenvalue weighted by atomic mass is 9.78. The fourth-order valence-corrected chi connectivity index (χ4v) is 3.24. The summed E-state index contributed by atoms with van der Waals surface area (Å²) in [6.07, 6.45) is 0. The molecule has 20 heavy (non-hydrogen) atoms. The van der Waals surface area contributed by atoms with Crippen molar-refractivity contribution < 1.29 is 14.9 Å². The summed E-state index contributed by atoms with van der Waals surface area (Å²) >= 11 is 0. The fourth-order valence-electron chi connectivity index (χ4n) is 3.24. The lowest BCUT2D eigenvalue weighted by molar-refractivity contribution is 0.214. The summed E-state index contributed by atoms with van der Waals surface area (Å²) in [6.45, 7) is 1.40. The molecule has 102 valence electrons. The van der Waals surface area contributed by atoms with Gasteiger partial charge in [-0.05, 0) is 17.2 Å². The number of nitrogens with one attached hydrogen (secondary N) is 1. The summed E-state index contributed by atoms with van der Waals surface area (Å²) in [5, 5.41) is 22.9. The highest BCUT2D eigenvalue weighted by molar-refractivity contribution is 5.55. The monoisotopic (exact) mass is 269 g/mol. The molecule has 2 heterocycles. The van der Waals surface area contributed by atoms with Crippen LogP contribution in [0.15, 0.2) is 36.4 Å². The third-order valence-electron chi connectivity index (χ3n) is 4.21. The van der Waals surface area contributed by atoms with Crippen LogP contribution in [-0.4, -0.2) is 22.9 Å². The van der Waals surface area contributed by atoms with Crippen LogP contribution in [0.2, 0.25) is 0 Å². The summed E-state index contributed by atoms with van der Waals surface area (Å²) < 4.78 is 5.71. The number of rotatable bonds is 0. The van der Waals surface area contributed by atoms with Gasteiger partial charge in [0.25, 0.3) is 0 Å². The van der Waals surface area contributed by atoms with Crippen molar-refractivity contribution in [3.05, 3.63) is 53.1 Å². The maximum atomic E-state index is 9.79. The SMILES string of the molecule is Oc1cc2c(cc1O)[C@@H]1c3ccccc3CNC1CO2. The van der Waals surface area contributed by atoms with Gasteiger partial charge < -0.3 is 20.3 Å². The average Bonchev–Trinajstić information content (AvgIpc) is 2.48. The van der Waals surface area contributed by atoms with Gasteiger partial charge in [0.05, 0.1) is 6.04 Å². The average molecular weight is 269 g/mol. The van der Waals surface area contributed by atoms with Crippen molar-refractivity contribution >= 4 is 0 Å². The molecule has 2 aliphatic rings. The third-order valence-corrected chi connectivity index (χ3v) is 4.21. The summed E-state index contributed by atoms with van der Waals surface area (Å²) in [5.41, 5.74) is 3.47. The standard InChI is InChI=1S/C16H15NO3/c18-13-5-11-15(6-14(13)19)20-8-12-16(11)10-4-2-1-3-9(10)7-17-12/h1-6,12,16-19H,7-8H2/t12?,16-/m0/s1. The number of benzene rings is 2. The molecule has 4 rings (SSSR count). The summed E-state index contributed by atoms with van der Waals surface area (Å²) in [5.74, 6) is 0.561. The van der Waals surface area contributed by atoms with Crippen LogP contribution < -0.4 is 10.1 Å². The van der Waals surface area contributed by atoms with Crippen molar-refractivity contribution in [3.63, 3.8) is 0 Å². The lowest BCUT2D eigenvalue weighted by Crippen LogP contribution is -2.46. The smallest absolute Gasteiger partial charge is 0.161 e. The molecule has 0 aliphatic carbocycles. The van der Waals surface area contributed by atoms with Gasteiger partial charge in [-0.15, -0.1) is 0 Å². The summed E-state index contributed by atoms with van der Waals surface area (Å²) in [7, 11) is 0. The van der Waals surface area contributed by atoms with Gasteiger partial charge in [-0.1, -0.05) is 24.3 Å². The Morgan fingerprint density at radius 2 is 1.85 bits per heavy atom. The molecule has 0 radical (unpaired) electrons. The Balaban J connectivity index is 1.92. The van der Waals surface area contributed by atoms with E-state index in [2.05, 4.69) is 17.4 Å². The van der Waals surface area contributed by atoms with Crippen LogP contribution in [-0.2, 0) is 6.54 Å². The van der Waals surface area contributed by atoms with Gasteiger partial charge in [0.15, 0.2) is 11.5 Å². The molecule has 4 nitrogen and oxygen atoms in total. The Hall–Kier alpha value is -2.20. The Labute approximate surface area is 116 Å². The van der Waals surface area contributed by atoms with Crippen molar-refractivity contribution in [2.45, 2.75) is 18.5 Å². The maximum Gasteiger partial charge on any atom is 0.161 e. The lowest BCUT2D eigenvalue weighted by Gasteiger charge is -2.39. The summed E-state index contributed by atoms with van der Waals surface area (Å²) in [4.78, 5) is 0. The third kappa shape index (κ3) is 1.58. The van der Waals surface area contributed by atoms with Crippen molar-refractivity contribution in [1.29, 1.82) is 0 Å². The van der Waals surface area contributed by atoms with E-state index in [0.29, 0.717) is 12.4 Å². The van der Waals surface area contributed by atoms with Crippen molar-refractivity contribution in [2.24, 2.45) is 0 Å². The zero-order chi connectivity index (χ0) is 13.7. The minimum Gasteiger partial charge on any atom is -0.504 e. The zero-order valence-electron chi connectivity index (χ0n) is 10.8. The zero-order valence-corrected chi connectivity index (χ0v) is 10.8. The first-order valence-corrected chi connectivity index (χ1v) is 6.74. The number of phenolic OH excluding ortho intramolecular Hbond substituents is 2. The van der Waals surface area contributed by atoms with Crippen molar-refractivity contribution in [2.75, 3.05) is 6.61 Å². The first kappa shape index (κ1) is 11.6. The van der Waals surface area contributed by atoms with Crippen LogP contribution in [0.3, 0.4) is 0 Å². The fraction of sp³-hybridized carbons (Fsp3) is 0.250. The molecule has 2 aromatic carbocycles. The Bertz CT molecular complexity index is 683. The minimum atomic E-state index is -0.140. The molecule has 4 heteroatoms. The molecule has 3 N–H and O–H groups in total. The molecular formula is C16H15NO3. The van der Waals surface area contributed by atoms with Gasteiger partial charge in [0.2, 0.25) is 0 Å². The quantitative estimate of drug-likeness (QED) is 0.641. The van der Waals surface area contributed by atoms with Gasteiger partial charge >= 0.3 is 0 Å². The van der Waals surface area contributed by atoms with Crippen molar-refractivity contribution in [1.82, 2.24) is 5.32 Å². The van der Waals surface area contributed by atoms with Crippen LogP contribution in [0, 0.1) is 0 Å². The molecule has 0 saturated heterocycles. The van der Waals surface area contributed by atoms with E-state index in [4.69, 9.17) is 4.74 Å². The first-order chi connectivity index (χ1) is 9.74. The van der Waals surface area contributed by atoms with Gasteiger partial charge in [-0.2, -0.15) is 0 Å². The van der Waals surface area contributed by atoms with E-state index >= 15 is 0 Å². The Kier molecular flexibility index (Phi) is 2.41. The van der Waals surface area contributed by atoms with Crippen LogP contribution in [0.25, 0.3) is 0 Å². The molecule has 0 aromatic heterocycles. The number of hydrogen-bond donors (Lipinski definition) is 3. The number of aromatic hydroxyl groups is 2. The predicted octanol–water partition coefficient (Wildman–Crippen LogP) is 2.09. The van der Waals surface area contributed by atoms with E-state index in [9.17, 15) is 10.2 Å². The molecule has 0 bridgehead atoms. The topological polar surface area (TPSA) is 61.7 Å². The van der Waals surface area contributed by atoms with E-state index in [1.807, 2.05) is 12.1 Å². The van der Waals surface area contributed by atoms with Gasteiger partial charge in [-0.3, -0.25) is 0 Å². The highest BCUT2D eigenvalue weighted by Gasteiger charge is 2.36. The molecule has 1 unspecified atom stereocenters. The van der Waals surface area contributed by atoms with Crippen LogP contribution in [0.5, 0.6) is 17.2 Å². The highest BCUT2D eigenvalue weighted by Crippen LogP contribution is 2.45. The maximum absolute atomic E-state index is 9.79. The largest absolute Gasteiger partial charge is 0.504 e. The first-order valence-electron chi connectivity index (χ1n) is 6.74. The second-order valence-electron chi connectivity index (χ2n) is 5.35. The van der Waals surface area contributed by atoms with E-state index in [0.717, 1.165) is 12.1 Å². The normalized spacial score (nSPS) is 23.2.